The molecule has 1 amide bonds. The number of anilines is 1. The van der Waals surface area contributed by atoms with Crippen molar-refractivity contribution in [3.63, 3.8) is 0 Å². The van der Waals surface area contributed by atoms with Crippen LogP contribution >= 0.6 is 11.3 Å². The van der Waals surface area contributed by atoms with E-state index in [0.29, 0.717) is 5.82 Å². The van der Waals surface area contributed by atoms with E-state index in [2.05, 4.69) is 20.8 Å². The van der Waals surface area contributed by atoms with Crippen LogP contribution in [0, 0.1) is 6.92 Å². The summed E-state index contributed by atoms with van der Waals surface area (Å²) in [7, 11) is 0. The van der Waals surface area contributed by atoms with Crippen LogP contribution in [0.1, 0.15) is 28.0 Å². The molecule has 4 rings (SSSR count). The summed E-state index contributed by atoms with van der Waals surface area (Å²) in [5, 5.41) is 13.9. The average molecular weight is 518 g/mol. The maximum Gasteiger partial charge on any atom is 0.357 e. The molecule has 2 heterocycles. The second-order valence-corrected chi connectivity index (χ2v) is 8.69. The number of tetrazole rings is 1. The van der Waals surface area contributed by atoms with Crippen molar-refractivity contribution < 1.29 is 23.9 Å². The molecule has 0 aliphatic carbocycles. The monoisotopic (exact) mass is 517 g/mol. The first kappa shape index (κ1) is 25.5. The summed E-state index contributed by atoms with van der Waals surface area (Å²) in [6, 6.07) is 20.2. The highest BCUT2D eigenvalue weighted by molar-refractivity contribution is 7.18. The van der Waals surface area contributed by atoms with E-state index in [1.54, 1.807) is 38.1 Å². The predicted molar refractivity (Wildman–Crippen MR) is 138 cm³/mol. The van der Waals surface area contributed by atoms with Gasteiger partial charge < -0.3 is 14.8 Å². The third-order valence-corrected chi connectivity index (χ3v) is 6.19. The molecule has 0 aliphatic heterocycles. The fraction of sp³-hybridized carbons (Fsp3) is 0.154. The Kier molecular flexibility index (Phi) is 8.16. The number of benzene rings is 2. The average Bonchev–Trinajstić information content (AvgIpc) is 3.53. The lowest BCUT2D eigenvalue weighted by Gasteiger charge is -2.10. The molecular weight excluding hydrogens is 494 g/mol. The maximum atomic E-state index is 12.9. The van der Waals surface area contributed by atoms with Crippen LogP contribution in [0.15, 0.2) is 66.7 Å². The van der Waals surface area contributed by atoms with Gasteiger partial charge in [-0.25, -0.2) is 9.59 Å². The minimum absolute atomic E-state index is 0.0376. The summed E-state index contributed by atoms with van der Waals surface area (Å²) >= 11 is 1.20. The topological polar surface area (TPSA) is 125 Å². The second-order valence-electron chi connectivity index (χ2n) is 7.64. The quantitative estimate of drug-likeness (QED) is 0.260. The van der Waals surface area contributed by atoms with E-state index in [-0.39, 0.29) is 22.9 Å². The molecule has 0 bridgehead atoms. The van der Waals surface area contributed by atoms with Crippen molar-refractivity contribution in [1.82, 2.24) is 20.2 Å². The van der Waals surface area contributed by atoms with Gasteiger partial charge >= 0.3 is 11.9 Å². The molecule has 0 atom stereocenters. The zero-order valence-corrected chi connectivity index (χ0v) is 20.9. The van der Waals surface area contributed by atoms with Gasteiger partial charge in [0.2, 0.25) is 0 Å². The van der Waals surface area contributed by atoms with Crippen molar-refractivity contribution in [2.24, 2.45) is 0 Å². The second kappa shape index (κ2) is 11.9. The lowest BCUT2D eigenvalue weighted by atomic mass is 10.2. The van der Waals surface area contributed by atoms with Crippen molar-refractivity contribution >= 4 is 46.6 Å². The molecule has 11 heteroatoms. The normalized spacial score (nSPS) is 11.1. The Bertz CT molecular complexity index is 1430. The number of aryl methyl sites for hydroxylation is 1. The minimum atomic E-state index is -0.796. The molecule has 188 valence electrons. The molecule has 0 radical (unpaired) electrons. The number of amides is 1. The number of aromatic nitrogens is 4. The van der Waals surface area contributed by atoms with Gasteiger partial charge in [0.25, 0.3) is 5.91 Å². The fourth-order valence-corrected chi connectivity index (χ4v) is 4.35. The van der Waals surface area contributed by atoms with Gasteiger partial charge in [0.05, 0.1) is 12.3 Å². The number of carbonyl (C=O) groups is 3. The minimum Gasteiger partial charge on any atom is -0.462 e. The summed E-state index contributed by atoms with van der Waals surface area (Å²) in [4.78, 5) is 39.2. The fourth-order valence-electron chi connectivity index (χ4n) is 3.34. The molecule has 37 heavy (non-hydrogen) atoms. The van der Waals surface area contributed by atoms with Crippen molar-refractivity contribution in [2.75, 3.05) is 18.5 Å². The molecule has 0 spiro atoms. The van der Waals surface area contributed by atoms with Crippen molar-refractivity contribution in [3.05, 3.63) is 83.0 Å². The lowest BCUT2D eigenvalue weighted by Crippen LogP contribution is -2.23. The highest BCUT2D eigenvalue weighted by Crippen LogP contribution is 2.35. The van der Waals surface area contributed by atoms with Crippen LogP contribution in [-0.4, -0.2) is 51.3 Å². The first-order chi connectivity index (χ1) is 18.0. The van der Waals surface area contributed by atoms with Gasteiger partial charge in [-0.15, -0.1) is 16.4 Å². The van der Waals surface area contributed by atoms with Crippen LogP contribution in [0.3, 0.4) is 0 Å². The van der Waals surface area contributed by atoms with Crippen molar-refractivity contribution in [3.8, 4) is 10.4 Å². The zero-order valence-electron chi connectivity index (χ0n) is 20.1. The van der Waals surface area contributed by atoms with Gasteiger partial charge in [-0.05, 0) is 47.5 Å². The van der Waals surface area contributed by atoms with E-state index in [0.717, 1.165) is 16.0 Å². The third-order valence-electron chi connectivity index (χ3n) is 5.03. The van der Waals surface area contributed by atoms with E-state index in [4.69, 9.17) is 9.47 Å². The van der Waals surface area contributed by atoms with E-state index >= 15 is 0 Å². The Morgan fingerprint density at radius 2 is 1.73 bits per heavy atom. The first-order valence-electron chi connectivity index (χ1n) is 11.3. The summed E-state index contributed by atoms with van der Waals surface area (Å²) in [5.74, 6) is -1.60. The van der Waals surface area contributed by atoms with Gasteiger partial charge in [-0.2, -0.15) is 4.68 Å². The first-order valence-corrected chi connectivity index (χ1v) is 12.1. The number of nitrogens with one attached hydrogen (secondary N) is 1. The number of esters is 2. The summed E-state index contributed by atoms with van der Waals surface area (Å²) < 4.78 is 11.7. The van der Waals surface area contributed by atoms with Gasteiger partial charge in [0.15, 0.2) is 18.1 Å². The Balaban J connectivity index is 1.51. The number of carbonyl (C=O) groups excluding carboxylic acids is 3. The van der Waals surface area contributed by atoms with Gasteiger partial charge in [0, 0.05) is 4.88 Å². The van der Waals surface area contributed by atoms with E-state index < -0.39 is 24.5 Å². The van der Waals surface area contributed by atoms with Crippen LogP contribution in [0.2, 0.25) is 0 Å². The van der Waals surface area contributed by atoms with Crippen molar-refractivity contribution in [1.29, 1.82) is 0 Å². The Morgan fingerprint density at radius 1 is 1.03 bits per heavy atom. The Hall–Kier alpha value is -4.64. The number of hydrogen-bond acceptors (Lipinski definition) is 9. The third kappa shape index (κ3) is 6.33. The molecule has 0 fully saturated rings. The molecule has 0 unspecified atom stereocenters. The molecule has 0 saturated heterocycles. The summed E-state index contributed by atoms with van der Waals surface area (Å²) in [6.07, 6.45) is 1.56. The summed E-state index contributed by atoms with van der Waals surface area (Å²) in [6.45, 7) is 2.94. The van der Waals surface area contributed by atoms with E-state index in [1.807, 2.05) is 48.5 Å². The smallest absolute Gasteiger partial charge is 0.357 e. The van der Waals surface area contributed by atoms with Crippen LogP contribution in [0.5, 0.6) is 0 Å². The maximum absolute atomic E-state index is 12.9. The number of thiophene rings is 1. The van der Waals surface area contributed by atoms with Gasteiger partial charge in [0.1, 0.15) is 4.88 Å². The number of nitrogens with zero attached hydrogens (tertiary/aromatic N) is 4. The molecule has 4 aromatic rings. The van der Waals surface area contributed by atoms with Crippen LogP contribution < -0.4 is 5.32 Å². The predicted octanol–water partition coefficient (Wildman–Crippen LogP) is 4.07. The van der Waals surface area contributed by atoms with Crippen LogP contribution in [-0.2, 0) is 19.1 Å². The highest BCUT2D eigenvalue weighted by atomic mass is 32.1. The lowest BCUT2D eigenvalue weighted by molar-refractivity contribution is -0.141. The summed E-state index contributed by atoms with van der Waals surface area (Å²) in [5.41, 5.74) is 1.92. The Labute approximate surface area is 216 Å². The van der Waals surface area contributed by atoms with Gasteiger partial charge in [-0.3, -0.25) is 4.79 Å². The number of ether oxygens (including phenoxy) is 2. The molecule has 0 saturated carbocycles. The molecule has 2 aromatic carbocycles. The molecule has 0 aliphatic rings. The zero-order chi connectivity index (χ0) is 26.2. The largest absolute Gasteiger partial charge is 0.462 e. The van der Waals surface area contributed by atoms with Crippen LogP contribution in [0.4, 0.5) is 5.69 Å². The molecule has 2 aromatic heterocycles. The molecule has 1 N–H and O–H groups in total. The number of rotatable bonds is 9. The van der Waals surface area contributed by atoms with E-state index in [9.17, 15) is 14.4 Å². The van der Waals surface area contributed by atoms with Crippen LogP contribution in [0.25, 0.3) is 22.2 Å². The molecule has 10 nitrogen and oxygen atoms in total. The number of hydrogen-bond donors (Lipinski definition) is 1. The molecular formula is C26H23N5O5S. The Morgan fingerprint density at radius 3 is 2.38 bits per heavy atom. The van der Waals surface area contributed by atoms with Gasteiger partial charge in [-0.1, -0.05) is 60.7 Å². The van der Waals surface area contributed by atoms with Crippen molar-refractivity contribution in [2.45, 2.75) is 13.8 Å². The standard InChI is InChI=1S/C26H23N5O5S/c1-3-35-26(34)24-20(15-22(37-24)19-12-8-5-9-13-19)27-23(32)16-36-25(33)21(31-17(2)28-29-30-31)14-18-10-6-4-7-11-18/h4-15H,3,16H2,1-2H3,(H,27,32)/b21-14-. The SMILES string of the molecule is CCOC(=O)c1sc(-c2ccccc2)cc1NC(=O)COC(=O)/C(=C/c1ccccc1)n1nnnc1C. The van der Waals surface area contributed by atoms with E-state index in [1.165, 1.54) is 16.0 Å². The highest BCUT2D eigenvalue weighted by Gasteiger charge is 2.22.